The van der Waals surface area contributed by atoms with Crippen molar-refractivity contribution in [3.63, 3.8) is 0 Å². The van der Waals surface area contributed by atoms with Crippen LogP contribution in [0.5, 0.6) is 0 Å². The van der Waals surface area contributed by atoms with E-state index in [0.29, 0.717) is 48.7 Å². The van der Waals surface area contributed by atoms with Gasteiger partial charge in [-0.05, 0) is 57.4 Å². The molecule has 6 rings (SSSR count). The van der Waals surface area contributed by atoms with Crippen LogP contribution in [0.25, 0.3) is 22.3 Å². The fourth-order valence-electron chi connectivity index (χ4n) is 6.87. The maximum Gasteiger partial charge on any atom is 0.343 e. The van der Waals surface area contributed by atoms with Crippen molar-refractivity contribution in [2.75, 3.05) is 19.6 Å². The lowest BCUT2D eigenvalue weighted by Gasteiger charge is -2.31. The van der Waals surface area contributed by atoms with Gasteiger partial charge in [0, 0.05) is 41.6 Å². The Morgan fingerprint density at radius 1 is 1.19 bits per heavy atom. The molecule has 3 aliphatic heterocycles. The third-order valence-corrected chi connectivity index (χ3v) is 9.23. The van der Waals surface area contributed by atoms with Crippen LogP contribution in [-0.4, -0.2) is 63.2 Å². The highest BCUT2D eigenvalue weighted by Gasteiger charge is 2.46. The van der Waals surface area contributed by atoms with Crippen molar-refractivity contribution in [3.8, 4) is 11.4 Å². The van der Waals surface area contributed by atoms with Crippen molar-refractivity contribution in [2.45, 2.75) is 83.2 Å². The van der Waals surface area contributed by atoms with Gasteiger partial charge in [0.2, 0.25) is 5.91 Å². The number of aromatic nitrogens is 2. The highest BCUT2D eigenvalue weighted by Crippen LogP contribution is 2.42. The average molecular weight is 574 g/mol. The van der Waals surface area contributed by atoms with Crippen molar-refractivity contribution < 1.29 is 19.4 Å². The zero-order valence-electron chi connectivity index (χ0n) is 24.5. The van der Waals surface area contributed by atoms with Gasteiger partial charge < -0.3 is 30.4 Å². The summed E-state index contributed by atoms with van der Waals surface area (Å²) in [7, 11) is 0. The minimum Gasteiger partial charge on any atom is -0.458 e. The molecule has 42 heavy (non-hydrogen) atoms. The van der Waals surface area contributed by atoms with E-state index >= 15 is 0 Å². The van der Waals surface area contributed by atoms with Crippen LogP contribution >= 0.6 is 0 Å². The van der Waals surface area contributed by atoms with Gasteiger partial charge in [-0.2, -0.15) is 0 Å². The number of cyclic esters (lactones) is 1. The maximum atomic E-state index is 13.8. The van der Waals surface area contributed by atoms with Crippen molar-refractivity contribution in [1.82, 2.24) is 19.8 Å². The average Bonchev–Trinajstić information content (AvgIpc) is 3.26. The standard InChI is InChI=1S/C32H39N5O5/c1-4-32(41)23-13-26-28-21(16-37(26)29(38)22(23)17-42-31(32)40)27(20-9-5-6-10-24(20)35-28)19-14-34-25(11-7-8-12-33)30(39)36(15-19)18(2)3/h5-6,9-10,13,18-19,25,34,41H,4,7-8,11-12,14-17,33H2,1-3H3/t19?,25-,32-/m0/s1. The highest BCUT2D eigenvalue weighted by molar-refractivity contribution is 5.90. The lowest BCUT2D eigenvalue weighted by atomic mass is 9.85. The van der Waals surface area contributed by atoms with Gasteiger partial charge in [0.25, 0.3) is 5.56 Å². The van der Waals surface area contributed by atoms with E-state index in [2.05, 4.69) is 11.4 Å². The van der Waals surface area contributed by atoms with E-state index in [9.17, 15) is 19.5 Å². The second-order valence-electron chi connectivity index (χ2n) is 12.0. The fourth-order valence-corrected chi connectivity index (χ4v) is 6.87. The van der Waals surface area contributed by atoms with Crippen LogP contribution in [-0.2, 0) is 33.1 Å². The first-order chi connectivity index (χ1) is 20.2. The molecule has 222 valence electrons. The fraction of sp³-hybridized carbons (Fsp3) is 0.500. The number of carbonyl (C=O) groups is 2. The Morgan fingerprint density at radius 3 is 2.71 bits per heavy atom. The number of carbonyl (C=O) groups excluding carboxylic acids is 2. The third kappa shape index (κ3) is 4.44. The van der Waals surface area contributed by atoms with Crippen LogP contribution in [0.15, 0.2) is 35.1 Å². The largest absolute Gasteiger partial charge is 0.458 e. The Kier molecular flexibility index (Phi) is 7.41. The second-order valence-corrected chi connectivity index (χ2v) is 12.0. The summed E-state index contributed by atoms with van der Waals surface area (Å²) in [6, 6.07) is 9.44. The number of hydrogen-bond donors (Lipinski definition) is 3. The number of nitrogens with two attached hydrogens (primary N) is 1. The smallest absolute Gasteiger partial charge is 0.343 e. The number of esters is 1. The van der Waals surface area contributed by atoms with E-state index < -0.39 is 11.6 Å². The molecular formula is C32H39N5O5. The third-order valence-electron chi connectivity index (χ3n) is 9.23. The molecule has 10 nitrogen and oxygen atoms in total. The molecule has 1 fully saturated rings. The summed E-state index contributed by atoms with van der Waals surface area (Å²) in [5.74, 6) is -0.680. The van der Waals surface area contributed by atoms with E-state index in [4.69, 9.17) is 15.5 Å². The van der Waals surface area contributed by atoms with E-state index in [1.165, 1.54) is 0 Å². The molecule has 0 spiro atoms. The Labute approximate surface area is 244 Å². The van der Waals surface area contributed by atoms with Gasteiger partial charge in [0.1, 0.15) is 6.61 Å². The zero-order chi connectivity index (χ0) is 29.8. The first kappa shape index (κ1) is 28.5. The van der Waals surface area contributed by atoms with Gasteiger partial charge in [-0.1, -0.05) is 31.5 Å². The molecular weight excluding hydrogens is 534 g/mol. The molecule has 1 unspecified atom stereocenters. The first-order valence-electron chi connectivity index (χ1n) is 15.0. The first-order valence-corrected chi connectivity index (χ1v) is 15.0. The SMILES string of the molecule is CC[C@@]1(O)C(=O)OCc2c1cc1n(c2=O)Cc2c-1nc1ccccc1c2C1CN[C@@H](CCCCN)C(=O)N(C(C)C)C1. The number of hydrogen-bond acceptors (Lipinski definition) is 8. The van der Waals surface area contributed by atoms with E-state index in [1.807, 2.05) is 36.9 Å². The van der Waals surface area contributed by atoms with Crippen LogP contribution in [0.1, 0.15) is 74.6 Å². The number of benzene rings is 1. The molecule has 0 bridgehead atoms. The molecule has 0 radical (unpaired) electrons. The molecule has 0 aliphatic carbocycles. The van der Waals surface area contributed by atoms with Gasteiger partial charge in [0.05, 0.1) is 35.1 Å². The van der Waals surface area contributed by atoms with Crippen molar-refractivity contribution in [2.24, 2.45) is 5.73 Å². The number of nitrogens with zero attached hydrogens (tertiary/aromatic N) is 3. The van der Waals surface area contributed by atoms with E-state index in [-0.39, 0.29) is 42.5 Å². The normalized spacial score (nSPS) is 23.5. The summed E-state index contributed by atoms with van der Waals surface area (Å²) in [5.41, 5.74) is 8.21. The van der Waals surface area contributed by atoms with Crippen LogP contribution in [0, 0.1) is 0 Å². The highest BCUT2D eigenvalue weighted by atomic mass is 16.6. The summed E-state index contributed by atoms with van der Waals surface area (Å²) in [4.78, 5) is 47.1. The second kappa shape index (κ2) is 10.9. The van der Waals surface area contributed by atoms with Gasteiger partial charge in [0.15, 0.2) is 5.60 Å². The van der Waals surface area contributed by atoms with Crippen molar-refractivity contribution >= 4 is 22.8 Å². The molecule has 3 aromatic rings. The minimum atomic E-state index is -1.88. The Bertz CT molecular complexity index is 1630. The maximum absolute atomic E-state index is 13.8. The number of amides is 1. The topological polar surface area (TPSA) is 140 Å². The lowest BCUT2D eigenvalue weighted by Crippen LogP contribution is -2.46. The Hall–Kier alpha value is -3.60. The van der Waals surface area contributed by atoms with Crippen LogP contribution in [0.4, 0.5) is 0 Å². The summed E-state index contributed by atoms with van der Waals surface area (Å²) < 4.78 is 6.92. The van der Waals surface area contributed by atoms with Gasteiger partial charge in [-0.3, -0.25) is 9.59 Å². The molecule has 10 heteroatoms. The molecule has 2 aromatic heterocycles. The number of aliphatic hydroxyl groups is 1. The van der Waals surface area contributed by atoms with Crippen LogP contribution < -0.4 is 16.6 Å². The predicted octanol–water partition coefficient (Wildman–Crippen LogP) is 2.50. The number of pyridine rings is 2. The summed E-state index contributed by atoms with van der Waals surface area (Å²) >= 11 is 0. The lowest BCUT2D eigenvalue weighted by molar-refractivity contribution is -0.172. The quantitative estimate of drug-likeness (QED) is 0.226. The molecule has 3 atom stereocenters. The predicted molar refractivity (Wildman–Crippen MR) is 159 cm³/mol. The van der Waals surface area contributed by atoms with Gasteiger partial charge in [-0.25, -0.2) is 9.78 Å². The summed E-state index contributed by atoms with van der Waals surface area (Å²) in [5, 5.41) is 15.8. The number of unbranched alkanes of at least 4 members (excludes halogenated alkanes) is 1. The van der Waals surface area contributed by atoms with E-state index in [0.717, 1.165) is 41.3 Å². The number of para-hydroxylation sites is 1. The monoisotopic (exact) mass is 573 g/mol. The molecule has 5 heterocycles. The van der Waals surface area contributed by atoms with Crippen LogP contribution in [0.3, 0.4) is 0 Å². The van der Waals surface area contributed by atoms with Gasteiger partial charge >= 0.3 is 5.97 Å². The number of fused-ring (bicyclic) bond motifs is 5. The van der Waals surface area contributed by atoms with E-state index in [1.54, 1.807) is 17.6 Å². The van der Waals surface area contributed by atoms with Crippen LogP contribution in [0.2, 0.25) is 0 Å². The summed E-state index contributed by atoms with van der Waals surface area (Å²) in [6.07, 6.45) is 2.57. The molecule has 3 aliphatic rings. The molecule has 1 saturated heterocycles. The minimum absolute atomic E-state index is 0.0221. The molecule has 1 aromatic carbocycles. The molecule has 0 saturated carbocycles. The number of ether oxygens (including phenoxy) is 1. The summed E-state index contributed by atoms with van der Waals surface area (Å²) in [6.45, 7) is 7.68. The van der Waals surface area contributed by atoms with Crippen molar-refractivity contribution in [3.05, 3.63) is 62.9 Å². The Balaban J connectivity index is 1.50. The molecule has 4 N–H and O–H groups in total. The Morgan fingerprint density at radius 2 is 1.98 bits per heavy atom. The van der Waals surface area contributed by atoms with Crippen molar-refractivity contribution in [1.29, 1.82) is 0 Å². The number of nitrogens with one attached hydrogen (secondary N) is 1. The zero-order valence-corrected chi connectivity index (χ0v) is 24.5. The number of rotatable bonds is 7. The van der Waals surface area contributed by atoms with Gasteiger partial charge in [-0.15, -0.1) is 0 Å². The molecule has 1 amide bonds.